The highest BCUT2D eigenvalue weighted by atomic mass is 32.2. The Labute approximate surface area is 222 Å². The summed E-state index contributed by atoms with van der Waals surface area (Å²) in [6.07, 6.45) is 0. The zero-order valence-electron chi connectivity index (χ0n) is 22.4. The van der Waals surface area contributed by atoms with Crippen LogP contribution in [0.25, 0.3) is 11.1 Å². The maximum Gasteiger partial charge on any atom is 0.337 e. The first-order chi connectivity index (χ1) is 17.0. The predicted molar refractivity (Wildman–Crippen MR) is 143 cm³/mol. The summed E-state index contributed by atoms with van der Waals surface area (Å²) in [5.74, 6) is -2.04. The average molecular weight is 547 g/mol. The van der Waals surface area contributed by atoms with Crippen molar-refractivity contribution < 1.29 is 28.4 Å². The summed E-state index contributed by atoms with van der Waals surface area (Å²) in [7, 11) is -0.755. The number of β-lactam (4-membered cyclic amide) rings is 1. The van der Waals surface area contributed by atoms with Gasteiger partial charge in [0.2, 0.25) is 20.1 Å². The largest absolute Gasteiger partial charge is 0.518 e. The number of hydrogen-bond acceptors (Lipinski definition) is 7. The highest BCUT2D eigenvalue weighted by Crippen LogP contribution is 2.40. The maximum atomic E-state index is 12.9. The van der Waals surface area contributed by atoms with E-state index in [1.807, 2.05) is 19.6 Å². The molecule has 2 aliphatic heterocycles. The normalized spacial score (nSPS) is 22.1. The van der Waals surface area contributed by atoms with E-state index < -0.39 is 61.0 Å². The van der Waals surface area contributed by atoms with Crippen LogP contribution in [0, 0.1) is 0 Å². The fourth-order valence-corrected chi connectivity index (χ4v) is 5.96. The lowest BCUT2D eigenvalue weighted by molar-refractivity contribution is -0.159. The molecule has 200 valence electrons. The Hall–Kier alpha value is -3.12. The highest BCUT2D eigenvalue weighted by molar-refractivity contribution is 7.98. The van der Waals surface area contributed by atoms with E-state index in [0.717, 1.165) is 16.3 Å². The zero-order chi connectivity index (χ0) is 28.0. The van der Waals surface area contributed by atoms with E-state index in [-0.39, 0.29) is 0 Å². The average Bonchev–Trinajstić information content (AvgIpc) is 3.34. The Bertz CT molecular complexity index is 1160. The van der Waals surface area contributed by atoms with E-state index in [9.17, 15) is 24.0 Å². The summed E-state index contributed by atoms with van der Waals surface area (Å²) < 4.78 is 6.56. The zero-order valence-corrected chi connectivity index (χ0v) is 24.3. The molecule has 0 saturated carbocycles. The maximum absolute atomic E-state index is 12.9. The number of amides is 5. The van der Waals surface area contributed by atoms with Crippen molar-refractivity contribution in [1.82, 2.24) is 19.4 Å². The van der Waals surface area contributed by atoms with E-state index in [4.69, 9.17) is 4.43 Å². The molecular formula is C25H34N4O6SSi. The molecule has 2 fully saturated rings. The third kappa shape index (κ3) is 5.74. The SMILES string of the molecule is C=C(C)C(C(=O)O[Si](C)(C)C)N1C(=O)C(NC(C)=O)C1SN1C(=O)N(C)C(C)(C)C1=O.c1cc2cc-2c1. The Balaban J connectivity index is 0.000000542. The quantitative estimate of drug-likeness (QED) is 0.187. The lowest BCUT2D eigenvalue weighted by Crippen LogP contribution is -2.73. The topological polar surface area (TPSA) is 116 Å². The Morgan fingerprint density at radius 1 is 1.14 bits per heavy atom. The van der Waals surface area contributed by atoms with Gasteiger partial charge in [-0.05, 0) is 75.1 Å². The van der Waals surface area contributed by atoms with E-state index in [2.05, 4.69) is 36.2 Å². The van der Waals surface area contributed by atoms with Gasteiger partial charge in [-0.25, -0.2) is 9.10 Å². The molecule has 10 nitrogen and oxygen atoms in total. The summed E-state index contributed by atoms with van der Waals surface area (Å²) in [6.45, 7) is 15.4. The number of carbonyl (C=O) groups excluding carboxylic acids is 5. The monoisotopic (exact) mass is 546 g/mol. The number of fused-ring (bicyclic) bond motifs is 1. The van der Waals surface area contributed by atoms with Crippen LogP contribution < -0.4 is 5.32 Å². The van der Waals surface area contributed by atoms with Crippen LogP contribution in [0.3, 0.4) is 0 Å². The van der Waals surface area contributed by atoms with Crippen molar-refractivity contribution in [3.63, 3.8) is 0 Å². The van der Waals surface area contributed by atoms with Crippen LogP contribution >= 0.6 is 11.9 Å². The number of nitrogens with zero attached hydrogens (tertiary/aromatic N) is 3. The standard InChI is InChI=1S/C19H30N4O6SSi.C6H4/c1-10(2)13(16(26)29-31(7,8)9)22-14(25)12(20-11(3)24)15(22)30-23-17(27)19(4,5)21(6)18(23)28;1-2-5-4-6(5)3-1/h12-13,15H,1H2,2-9H3,(H,20,24);1-4H. The van der Waals surface area contributed by atoms with Crippen molar-refractivity contribution in [2.75, 3.05) is 7.05 Å². The van der Waals surface area contributed by atoms with Gasteiger partial charge in [0.1, 0.15) is 17.0 Å². The molecule has 5 amide bonds. The molecule has 2 saturated heterocycles. The number of nitrogens with one attached hydrogen (secondary N) is 1. The molecule has 3 atom stereocenters. The number of carbonyl (C=O) groups is 5. The van der Waals surface area contributed by atoms with Crippen LogP contribution in [0.5, 0.6) is 0 Å². The summed E-state index contributed by atoms with van der Waals surface area (Å²) >= 11 is 0.805. The van der Waals surface area contributed by atoms with E-state index in [0.29, 0.717) is 5.57 Å². The van der Waals surface area contributed by atoms with Crippen molar-refractivity contribution in [1.29, 1.82) is 0 Å². The van der Waals surface area contributed by atoms with Crippen molar-refractivity contribution in [3.8, 4) is 11.1 Å². The number of imide groups is 1. The summed E-state index contributed by atoms with van der Waals surface area (Å²) in [5.41, 5.74) is 2.17. The van der Waals surface area contributed by atoms with Crippen molar-refractivity contribution in [3.05, 3.63) is 36.4 Å². The van der Waals surface area contributed by atoms with Crippen molar-refractivity contribution >= 4 is 50.0 Å². The van der Waals surface area contributed by atoms with Crippen molar-refractivity contribution in [2.45, 2.75) is 70.3 Å². The predicted octanol–water partition coefficient (Wildman–Crippen LogP) is 2.97. The molecule has 0 radical (unpaired) electrons. The van der Waals surface area contributed by atoms with Crippen LogP contribution in [0.1, 0.15) is 27.7 Å². The van der Waals surface area contributed by atoms with Gasteiger partial charge in [-0.1, -0.05) is 24.8 Å². The molecule has 12 heteroatoms. The van der Waals surface area contributed by atoms with Crippen LogP contribution in [-0.4, -0.2) is 82.2 Å². The van der Waals surface area contributed by atoms with Gasteiger partial charge in [-0.2, -0.15) is 0 Å². The number of hydrogen-bond donors (Lipinski definition) is 1. The van der Waals surface area contributed by atoms with Gasteiger partial charge in [-0.15, -0.1) is 0 Å². The molecule has 4 aliphatic rings. The third-order valence-corrected chi connectivity index (χ3v) is 8.21. The third-order valence-electron chi connectivity index (χ3n) is 6.15. The molecule has 0 aromatic carbocycles. The van der Waals surface area contributed by atoms with Gasteiger partial charge in [-0.3, -0.25) is 19.2 Å². The van der Waals surface area contributed by atoms with E-state index in [1.165, 1.54) is 34.9 Å². The van der Waals surface area contributed by atoms with Gasteiger partial charge in [0.15, 0.2) is 6.04 Å². The molecule has 37 heavy (non-hydrogen) atoms. The minimum Gasteiger partial charge on any atom is -0.518 e. The van der Waals surface area contributed by atoms with Crippen LogP contribution in [-0.2, 0) is 23.6 Å². The first-order valence-electron chi connectivity index (χ1n) is 11.8. The number of likely N-dealkylation sites (N-methyl/N-ethyl adjacent to an activating group) is 1. The molecule has 4 rings (SSSR count). The summed E-state index contributed by atoms with van der Waals surface area (Å²) in [6, 6.07) is 5.84. The van der Waals surface area contributed by atoms with Gasteiger partial charge in [0.25, 0.3) is 5.91 Å². The lowest BCUT2D eigenvalue weighted by Gasteiger charge is -2.50. The van der Waals surface area contributed by atoms with E-state index in [1.54, 1.807) is 20.8 Å². The lowest BCUT2D eigenvalue weighted by atomic mass is 9.99. The number of benzene rings is 1. The van der Waals surface area contributed by atoms with Gasteiger partial charge < -0.3 is 19.5 Å². The second kappa shape index (κ2) is 9.97. The van der Waals surface area contributed by atoms with Crippen LogP contribution in [0.15, 0.2) is 36.4 Å². The summed E-state index contributed by atoms with van der Waals surface area (Å²) in [4.78, 5) is 65.4. The molecule has 3 unspecified atom stereocenters. The molecule has 0 bridgehead atoms. The van der Waals surface area contributed by atoms with Gasteiger partial charge >= 0.3 is 12.0 Å². The number of likely N-dealkylation sites (tertiary alicyclic amines) is 1. The smallest absolute Gasteiger partial charge is 0.337 e. The summed E-state index contributed by atoms with van der Waals surface area (Å²) in [5, 5.41) is 1.67. The number of rotatable bonds is 7. The first-order valence-corrected chi connectivity index (χ1v) is 16.1. The second-order valence-corrected chi connectivity index (χ2v) is 16.3. The Kier molecular flexibility index (Phi) is 7.67. The first kappa shape index (κ1) is 28.4. The molecule has 2 aliphatic carbocycles. The molecule has 0 spiro atoms. The minimum absolute atomic E-state index is 0.375. The van der Waals surface area contributed by atoms with Crippen LogP contribution in [0.2, 0.25) is 19.6 Å². The molecule has 1 N–H and O–H groups in total. The van der Waals surface area contributed by atoms with Crippen LogP contribution in [0.4, 0.5) is 4.79 Å². The van der Waals surface area contributed by atoms with Gasteiger partial charge in [0.05, 0.1) is 0 Å². The molecule has 2 heterocycles. The minimum atomic E-state index is -2.27. The van der Waals surface area contributed by atoms with Crippen molar-refractivity contribution in [2.24, 2.45) is 0 Å². The fraction of sp³-hybridized carbons (Fsp3) is 0.480. The highest BCUT2D eigenvalue weighted by Gasteiger charge is 2.58. The number of urea groups is 1. The molecular weight excluding hydrogens is 512 g/mol. The fourth-order valence-electron chi connectivity index (χ4n) is 3.86. The van der Waals surface area contributed by atoms with E-state index >= 15 is 0 Å². The molecule has 0 aromatic rings. The van der Waals surface area contributed by atoms with Gasteiger partial charge in [0, 0.05) is 14.0 Å². The Morgan fingerprint density at radius 2 is 1.70 bits per heavy atom. The second-order valence-electron chi connectivity index (χ2n) is 10.8. The Morgan fingerprint density at radius 3 is 2.05 bits per heavy atom. The molecule has 0 aromatic heterocycles.